The molecule has 0 unspecified atom stereocenters. The molecule has 3 aromatic carbocycles. The average molecular weight is 589 g/mol. The van der Waals surface area contributed by atoms with Crippen molar-refractivity contribution in [3.63, 3.8) is 0 Å². The zero-order valence-corrected chi connectivity index (χ0v) is 23.1. The monoisotopic (exact) mass is 587 g/mol. The molecule has 0 atom stereocenters. The van der Waals surface area contributed by atoms with Gasteiger partial charge in [0.2, 0.25) is 17.6 Å². The lowest BCUT2D eigenvalue weighted by Gasteiger charge is -2.30. The Hall–Kier alpha value is -3.82. The largest absolute Gasteiger partial charge is 0.352 e. The van der Waals surface area contributed by atoms with E-state index in [0.29, 0.717) is 48.9 Å². The number of amides is 2. The molecule has 0 saturated carbocycles. The minimum Gasteiger partial charge on any atom is -0.352 e. The molecule has 1 aromatic heterocycles. The van der Waals surface area contributed by atoms with E-state index in [9.17, 15) is 9.59 Å². The number of para-hydroxylation sites is 1. The van der Waals surface area contributed by atoms with Crippen LogP contribution in [0.5, 0.6) is 0 Å². The van der Waals surface area contributed by atoms with Crippen molar-refractivity contribution in [3.8, 4) is 11.4 Å². The predicted octanol–water partition coefficient (Wildman–Crippen LogP) is 5.32. The average Bonchev–Trinajstić information content (AvgIpc) is 3.43. The van der Waals surface area contributed by atoms with E-state index in [1.165, 1.54) is 0 Å². The molecule has 39 heavy (non-hydrogen) atoms. The molecule has 0 spiro atoms. The quantitative estimate of drug-likeness (QED) is 0.275. The van der Waals surface area contributed by atoms with E-state index in [2.05, 4.69) is 41.6 Å². The second kappa shape index (κ2) is 12.8. The maximum atomic E-state index is 13.1. The Kier molecular flexibility index (Phi) is 8.80. The lowest BCUT2D eigenvalue weighted by atomic mass is 9.95. The molecule has 0 bridgehead atoms. The number of halogens is 1. The van der Waals surface area contributed by atoms with Crippen molar-refractivity contribution in [1.82, 2.24) is 20.4 Å². The highest BCUT2D eigenvalue weighted by Crippen LogP contribution is 2.24. The third-order valence-electron chi connectivity index (χ3n) is 6.84. The fourth-order valence-electron chi connectivity index (χ4n) is 4.69. The summed E-state index contributed by atoms with van der Waals surface area (Å²) in [5, 5.41) is 10.1. The summed E-state index contributed by atoms with van der Waals surface area (Å²) in [7, 11) is 0. The normalized spacial score (nSPS) is 14.2. The molecule has 4 aromatic rings. The Balaban J connectivity index is 1.11. The number of hydrogen-bond acceptors (Lipinski definition) is 6. The summed E-state index contributed by atoms with van der Waals surface area (Å²) in [5.41, 5.74) is 3.05. The summed E-state index contributed by atoms with van der Waals surface area (Å²) in [4.78, 5) is 32.7. The van der Waals surface area contributed by atoms with Gasteiger partial charge in [0.15, 0.2) is 0 Å². The topological polar surface area (TPSA) is 100 Å². The smallest absolute Gasteiger partial charge is 0.253 e. The van der Waals surface area contributed by atoms with Gasteiger partial charge in [-0.25, -0.2) is 0 Å². The van der Waals surface area contributed by atoms with Crippen LogP contribution in [0.15, 0.2) is 87.9 Å². The Morgan fingerprint density at radius 3 is 2.54 bits per heavy atom. The van der Waals surface area contributed by atoms with Crippen molar-refractivity contribution in [2.75, 3.05) is 25.0 Å². The molecule has 9 heteroatoms. The van der Waals surface area contributed by atoms with Crippen LogP contribution in [0.25, 0.3) is 11.4 Å². The second-order valence-electron chi connectivity index (χ2n) is 9.60. The first-order valence-corrected chi connectivity index (χ1v) is 13.9. The minimum absolute atomic E-state index is 0.0612. The molecule has 2 heterocycles. The summed E-state index contributed by atoms with van der Waals surface area (Å²) < 4.78 is 6.42. The lowest BCUT2D eigenvalue weighted by Crippen LogP contribution is -2.38. The molecule has 0 aliphatic carbocycles. The van der Waals surface area contributed by atoms with Gasteiger partial charge < -0.3 is 15.2 Å². The summed E-state index contributed by atoms with van der Waals surface area (Å²) >= 11 is 3.47. The van der Waals surface area contributed by atoms with E-state index >= 15 is 0 Å². The van der Waals surface area contributed by atoms with Crippen LogP contribution in [0.2, 0.25) is 0 Å². The van der Waals surface area contributed by atoms with Gasteiger partial charge in [-0.1, -0.05) is 75.7 Å². The molecule has 1 aliphatic heterocycles. The van der Waals surface area contributed by atoms with Gasteiger partial charge in [-0.05, 0) is 62.2 Å². The maximum Gasteiger partial charge on any atom is 0.253 e. The van der Waals surface area contributed by atoms with Crippen LogP contribution in [0.4, 0.5) is 5.69 Å². The van der Waals surface area contributed by atoms with Crippen molar-refractivity contribution < 1.29 is 14.1 Å². The van der Waals surface area contributed by atoms with Gasteiger partial charge in [0.05, 0.1) is 17.8 Å². The number of benzene rings is 3. The Morgan fingerprint density at radius 2 is 1.74 bits per heavy atom. The number of piperidine rings is 1. The SMILES string of the molecule is O=C(NCCc1ccccc1)c1ccccc1NC(=O)C1CCN(Cc2nc(-c3cccc(Br)c3)no2)CC1. The second-order valence-corrected chi connectivity index (χ2v) is 10.5. The van der Waals surface area contributed by atoms with Crippen molar-refractivity contribution in [1.29, 1.82) is 0 Å². The van der Waals surface area contributed by atoms with E-state index in [1.807, 2.05) is 60.7 Å². The lowest BCUT2D eigenvalue weighted by molar-refractivity contribution is -0.121. The van der Waals surface area contributed by atoms with Crippen molar-refractivity contribution in [2.24, 2.45) is 5.92 Å². The molecular weight excluding hydrogens is 558 g/mol. The van der Waals surface area contributed by atoms with Gasteiger partial charge in [-0.2, -0.15) is 4.98 Å². The highest BCUT2D eigenvalue weighted by molar-refractivity contribution is 9.10. The standard InChI is InChI=1S/C30H30BrN5O3/c31-24-10-6-9-23(19-24)28-34-27(39-35-28)20-36-17-14-22(15-18-36)29(37)33-26-12-5-4-11-25(26)30(38)32-16-13-21-7-2-1-3-8-21/h1-12,19,22H,13-18,20H2,(H,32,38)(H,33,37). The van der Waals surface area contributed by atoms with Crippen LogP contribution < -0.4 is 10.6 Å². The fourth-order valence-corrected chi connectivity index (χ4v) is 5.09. The number of rotatable bonds is 9. The van der Waals surface area contributed by atoms with Gasteiger partial charge in [0.1, 0.15) is 0 Å². The van der Waals surface area contributed by atoms with E-state index in [1.54, 1.807) is 18.2 Å². The van der Waals surface area contributed by atoms with E-state index < -0.39 is 0 Å². The van der Waals surface area contributed by atoms with E-state index in [0.717, 1.165) is 35.1 Å². The van der Waals surface area contributed by atoms with E-state index in [4.69, 9.17) is 4.52 Å². The fraction of sp³-hybridized carbons (Fsp3) is 0.267. The van der Waals surface area contributed by atoms with E-state index in [-0.39, 0.29) is 17.7 Å². The van der Waals surface area contributed by atoms with Gasteiger partial charge in [-0.15, -0.1) is 0 Å². The Bertz CT molecular complexity index is 1420. The van der Waals surface area contributed by atoms with Crippen LogP contribution in [0.3, 0.4) is 0 Å². The summed E-state index contributed by atoms with van der Waals surface area (Å²) in [6, 6.07) is 24.9. The maximum absolute atomic E-state index is 13.1. The first kappa shape index (κ1) is 26.8. The van der Waals surface area contributed by atoms with Gasteiger partial charge in [0, 0.05) is 22.5 Å². The Labute approximate surface area is 235 Å². The van der Waals surface area contributed by atoms with Crippen molar-refractivity contribution >= 4 is 33.4 Å². The molecule has 5 rings (SSSR count). The van der Waals surface area contributed by atoms with Crippen molar-refractivity contribution in [2.45, 2.75) is 25.8 Å². The van der Waals surface area contributed by atoms with Crippen LogP contribution in [-0.4, -0.2) is 46.5 Å². The Morgan fingerprint density at radius 1 is 0.974 bits per heavy atom. The summed E-state index contributed by atoms with van der Waals surface area (Å²) in [6.07, 6.45) is 2.17. The molecular formula is C30H30BrN5O3. The van der Waals surface area contributed by atoms with Crippen molar-refractivity contribution in [3.05, 3.63) is 100 Å². The number of hydrogen-bond donors (Lipinski definition) is 2. The highest BCUT2D eigenvalue weighted by Gasteiger charge is 2.27. The number of nitrogens with zero attached hydrogens (tertiary/aromatic N) is 3. The van der Waals surface area contributed by atoms with Crippen LogP contribution in [-0.2, 0) is 17.8 Å². The summed E-state index contributed by atoms with van der Waals surface area (Å²) in [6.45, 7) is 2.55. The number of carbonyl (C=O) groups excluding carboxylic acids is 2. The van der Waals surface area contributed by atoms with Gasteiger partial charge in [0.25, 0.3) is 5.91 Å². The molecule has 0 radical (unpaired) electrons. The number of carbonyl (C=O) groups is 2. The van der Waals surface area contributed by atoms with Gasteiger partial charge >= 0.3 is 0 Å². The van der Waals surface area contributed by atoms with Crippen LogP contribution >= 0.6 is 15.9 Å². The van der Waals surface area contributed by atoms with Crippen LogP contribution in [0, 0.1) is 5.92 Å². The first-order chi connectivity index (χ1) is 19.0. The zero-order valence-electron chi connectivity index (χ0n) is 21.5. The molecule has 200 valence electrons. The molecule has 2 N–H and O–H groups in total. The zero-order chi connectivity index (χ0) is 27.0. The number of likely N-dealkylation sites (tertiary alicyclic amines) is 1. The third kappa shape index (κ3) is 7.19. The number of anilines is 1. The molecule has 1 fully saturated rings. The first-order valence-electron chi connectivity index (χ1n) is 13.1. The highest BCUT2D eigenvalue weighted by atomic mass is 79.9. The molecule has 8 nitrogen and oxygen atoms in total. The number of aromatic nitrogens is 2. The summed E-state index contributed by atoms with van der Waals surface area (Å²) in [5.74, 6) is 0.728. The van der Waals surface area contributed by atoms with Gasteiger partial charge in [-0.3, -0.25) is 14.5 Å². The third-order valence-corrected chi connectivity index (χ3v) is 7.33. The van der Waals surface area contributed by atoms with Crippen LogP contribution in [0.1, 0.15) is 34.7 Å². The number of nitrogens with one attached hydrogen (secondary N) is 2. The molecule has 2 amide bonds. The predicted molar refractivity (Wildman–Crippen MR) is 153 cm³/mol. The minimum atomic E-state index is -0.196. The molecule has 1 aliphatic rings. The molecule has 1 saturated heterocycles.